The topological polar surface area (TPSA) is 52.6 Å². The van der Waals surface area contributed by atoms with Gasteiger partial charge in [0.15, 0.2) is 0 Å². The molecular formula is C26H50O4. The van der Waals surface area contributed by atoms with Crippen LogP contribution in [0.5, 0.6) is 0 Å². The second kappa shape index (κ2) is 18.7. The first-order valence-corrected chi connectivity index (χ1v) is 12.7. The number of esters is 2. The molecule has 0 N–H and O–H groups in total. The smallest absolute Gasteiger partial charge is 0.306 e. The van der Waals surface area contributed by atoms with E-state index in [0.29, 0.717) is 37.5 Å². The summed E-state index contributed by atoms with van der Waals surface area (Å²) >= 11 is 0. The zero-order chi connectivity index (χ0) is 22.8. The summed E-state index contributed by atoms with van der Waals surface area (Å²) in [5.41, 5.74) is 0. The summed E-state index contributed by atoms with van der Waals surface area (Å²) in [5, 5.41) is 0. The molecule has 0 aliphatic carbocycles. The Morgan fingerprint density at radius 2 is 0.933 bits per heavy atom. The predicted octanol–water partition coefficient (Wildman–Crippen LogP) is 7.62. The van der Waals surface area contributed by atoms with Crippen molar-refractivity contribution >= 4 is 11.9 Å². The van der Waals surface area contributed by atoms with Gasteiger partial charge in [0.1, 0.15) is 12.2 Å². The van der Waals surface area contributed by atoms with Crippen molar-refractivity contribution < 1.29 is 19.1 Å². The Morgan fingerprint density at radius 1 is 0.567 bits per heavy atom. The molecule has 0 saturated carbocycles. The lowest BCUT2D eigenvalue weighted by Gasteiger charge is -2.22. The van der Waals surface area contributed by atoms with E-state index >= 15 is 0 Å². The van der Waals surface area contributed by atoms with Gasteiger partial charge in [-0.3, -0.25) is 9.59 Å². The second-order valence-electron chi connectivity index (χ2n) is 9.45. The first kappa shape index (κ1) is 28.9. The van der Waals surface area contributed by atoms with Gasteiger partial charge in [-0.2, -0.15) is 0 Å². The van der Waals surface area contributed by atoms with Crippen LogP contribution in [0.1, 0.15) is 131 Å². The maximum Gasteiger partial charge on any atom is 0.306 e. The van der Waals surface area contributed by atoms with Gasteiger partial charge in [-0.05, 0) is 50.4 Å². The Hall–Kier alpha value is -1.06. The summed E-state index contributed by atoms with van der Waals surface area (Å²) in [6.45, 7) is 12.9. The fraction of sp³-hybridized carbons (Fsp3) is 0.923. The number of carbonyl (C=O) groups excluding carboxylic acids is 2. The second-order valence-corrected chi connectivity index (χ2v) is 9.45. The maximum atomic E-state index is 12.2. The van der Waals surface area contributed by atoms with Gasteiger partial charge in [0.25, 0.3) is 0 Å². The molecule has 0 amide bonds. The maximum absolute atomic E-state index is 12.2. The first-order valence-electron chi connectivity index (χ1n) is 12.7. The van der Waals surface area contributed by atoms with Gasteiger partial charge in [0.2, 0.25) is 0 Å². The molecule has 0 aromatic rings. The van der Waals surface area contributed by atoms with E-state index in [4.69, 9.17) is 9.47 Å². The summed E-state index contributed by atoms with van der Waals surface area (Å²) < 4.78 is 11.4. The summed E-state index contributed by atoms with van der Waals surface area (Å²) in [5.74, 6) is 0.425. The van der Waals surface area contributed by atoms with E-state index in [1.54, 1.807) is 0 Å². The van der Waals surface area contributed by atoms with Crippen LogP contribution in [0.3, 0.4) is 0 Å². The van der Waals surface area contributed by atoms with Gasteiger partial charge < -0.3 is 9.47 Å². The molecule has 4 heteroatoms. The molecule has 0 aliphatic rings. The molecule has 0 aromatic heterocycles. The Morgan fingerprint density at radius 3 is 1.23 bits per heavy atom. The quantitative estimate of drug-likeness (QED) is 0.157. The Balaban J connectivity index is 4.08. The average molecular weight is 427 g/mol. The van der Waals surface area contributed by atoms with E-state index in [2.05, 4.69) is 41.5 Å². The monoisotopic (exact) mass is 426 g/mol. The lowest BCUT2D eigenvalue weighted by molar-refractivity contribution is -0.154. The summed E-state index contributed by atoms with van der Waals surface area (Å²) in [6, 6.07) is 0. The van der Waals surface area contributed by atoms with E-state index in [-0.39, 0.29) is 24.1 Å². The van der Waals surface area contributed by atoms with E-state index in [1.165, 1.54) is 38.5 Å². The number of rotatable bonds is 19. The van der Waals surface area contributed by atoms with Crippen molar-refractivity contribution in [1.82, 2.24) is 0 Å². The van der Waals surface area contributed by atoms with Crippen molar-refractivity contribution in [1.29, 1.82) is 0 Å². The third kappa shape index (κ3) is 15.7. The van der Waals surface area contributed by atoms with Crippen LogP contribution in [0.2, 0.25) is 0 Å². The SMILES string of the molecule is CCCCCCC(OC(=O)CCCCC(=O)OC(CCCCCC)C(C)C)C(C)C. The molecule has 178 valence electrons. The zero-order valence-corrected chi connectivity index (χ0v) is 20.8. The molecule has 0 bridgehead atoms. The van der Waals surface area contributed by atoms with Crippen molar-refractivity contribution in [2.75, 3.05) is 0 Å². The highest BCUT2D eigenvalue weighted by Gasteiger charge is 2.19. The van der Waals surface area contributed by atoms with Gasteiger partial charge >= 0.3 is 11.9 Å². The van der Waals surface area contributed by atoms with E-state index in [9.17, 15) is 9.59 Å². The molecule has 2 atom stereocenters. The molecule has 30 heavy (non-hydrogen) atoms. The van der Waals surface area contributed by atoms with Crippen molar-refractivity contribution in [2.24, 2.45) is 11.8 Å². The summed E-state index contributed by atoms with van der Waals surface area (Å²) in [7, 11) is 0. The Labute approximate surface area is 186 Å². The van der Waals surface area contributed by atoms with Crippen molar-refractivity contribution in [3.05, 3.63) is 0 Å². The van der Waals surface area contributed by atoms with Crippen LogP contribution in [-0.4, -0.2) is 24.1 Å². The number of ether oxygens (including phenoxy) is 2. The fourth-order valence-corrected chi connectivity index (χ4v) is 3.60. The fourth-order valence-electron chi connectivity index (χ4n) is 3.60. The molecule has 2 unspecified atom stereocenters. The summed E-state index contributed by atoms with van der Waals surface area (Å²) in [6.07, 6.45) is 13.6. The number of unbranched alkanes of at least 4 members (excludes halogenated alkanes) is 7. The zero-order valence-electron chi connectivity index (χ0n) is 20.8. The molecule has 0 saturated heterocycles. The van der Waals surface area contributed by atoms with Crippen LogP contribution in [0, 0.1) is 11.8 Å². The van der Waals surface area contributed by atoms with E-state index in [1.807, 2.05) is 0 Å². The number of hydrogen-bond acceptors (Lipinski definition) is 4. The largest absolute Gasteiger partial charge is 0.462 e. The lowest BCUT2D eigenvalue weighted by Crippen LogP contribution is -2.24. The molecule has 0 aromatic carbocycles. The van der Waals surface area contributed by atoms with Crippen molar-refractivity contribution in [3.8, 4) is 0 Å². The molecule has 0 radical (unpaired) electrons. The molecule has 4 nitrogen and oxygen atoms in total. The van der Waals surface area contributed by atoms with Crippen molar-refractivity contribution in [2.45, 2.75) is 144 Å². The van der Waals surface area contributed by atoms with Crippen LogP contribution in [-0.2, 0) is 19.1 Å². The predicted molar refractivity (Wildman–Crippen MR) is 125 cm³/mol. The van der Waals surface area contributed by atoms with Gasteiger partial charge in [-0.1, -0.05) is 80.1 Å². The molecule has 0 aliphatic heterocycles. The standard InChI is InChI=1S/C26H50O4/c1-7-9-11-13-17-23(21(3)4)29-25(27)19-15-16-20-26(28)30-24(22(5)6)18-14-12-10-8-2/h21-24H,7-20H2,1-6H3. The molecule has 0 fully saturated rings. The van der Waals surface area contributed by atoms with Crippen LogP contribution in [0.15, 0.2) is 0 Å². The minimum absolute atomic E-state index is 0.0128. The molecule has 0 rings (SSSR count). The van der Waals surface area contributed by atoms with Gasteiger partial charge in [-0.15, -0.1) is 0 Å². The van der Waals surface area contributed by atoms with E-state index in [0.717, 1.165) is 25.7 Å². The van der Waals surface area contributed by atoms with Crippen LogP contribution in [0.25, 0.3) is 0 Å². The van der Waals surface area contributed by atoms with Gasteiger partial charge in [0.05, 0.1) is 0 Å². The summed E-state index contributed by atoms with van der Waals surface area (Å²) in [4.78, 5) is 24.4. The Kier molecular flexibility index (Phi) is 18.0. The van der Waals surface area contributed by atoms with Gasteiger partial charge in [0, 0.05) is 12.8 Å². The normalized spacial score (nSPS) is 13.5. The van der Waals surface area contributed by atoms with Crippen molar-refractivity contribution in [3.63, 3.8) is 0 Å². The van der Waals surface area contributed by atoms with Crippen LogP contribution in [0.4, 0.5) is 0 Å². The number of carbonyl (C=O) groups is 2. The lowest BCUT2D eigenvalue weighted by atomic mass is 10.00. The molecule has 0 spiro atoms. The highest BCUT2D eigenvalue weighted by Crippen LogP contribution is 2.19. The minimum atomic E-state index is -0.131. The molecular weight excluding hydrogens is 376 g/mol. The first-order chi connectivity index (χ1) is 14.3. The molecule has 0 heterocycles. The average Bonchev–Trinajstić information content (AvgIpc) is 2.69. The minimum Gasteiger partial charge on any atom is -0.462 e. The highest BCUT2D eigenvalue weighted by atomic mass is 16.5. The van der Waals surface area contributed by atoms with Gasteiger partial charge in [-0.25, -0.2) is 0 Å². The van der Waals surface area contributed by atoms with Crippen LogP contribution < -0.4 is 0 Å². The third-order valence-electron chi connectivity index (χ3n) is 5.75. The Bertz CT molecular complexity index is 391. The highest BCUT2D eigenvalue weighted by molar-refractivity contribution is 5.70. The third-order valence-corrected chi connectivity index (χ3v) is 5.75. The van der Waals surface area contributed by atoms with Crippen LogP contribution >= 0.6 is 0 Å². The van der Waals surface area contributed by atoms with E-state index < -0.39 is 0 Å². The number of hydrogen-bond donors (Lipinski definition) is 0.